The van der Waals surface area contributed by atoms with Crippen molar-refractivity contribution in [3.63, 3.8) is 0 Å². The number of rotatable bonds is 4. The first kappa shape index (κ1) is 26.2. The predicted molar refractivity (Wildman–Crippen MR) is 128 cm³/mol. The third-order valence-electron chi connectivity index (χ3n) is 4.74. The molecule has 13 heteroatoms. The zero-order valence-corrected chi connectivity index (χ0v) is 21.1. The number of nitrogens with one attached hydrogen (secondary N) is 1. The molecule has 1 fully saturated rings. The molecule has 33 heavy (non-hydrogen) atoms. The van der Waals surface area contributed by atoms with Gasteiger partial charge in [0.2, 0.25) is 0 Å². The summed E-state index contributed by atoms with van der Waals surface area (Å²) in [7, 11) is 0. The van der Waals surface area contributed by atoms with Gasteiger partial charge in [-0.25, -0.2) is 9.78 Å². The fourth-order valence-electron chi connectivity index (χ4n) is 3.25. The molecular formula is C20H20BrClF3N3O3S2. The first-order chi connectivity index (χ1) is 15.5. The van der Waals surface area contributed by atoms with Gasteiger partial charge in [-0.05, 0) is 39.7 Å². The number of anilines is 1. The van der Waals surface area contributed by atoms with Gasteiger partial charge >= 0.3 is 12.1 Å². The smallest absolute Gasteiger partial charge is 0.475 e. The van der Waals surface area contributed by atoms with Crippen LogP contribution in [0.5, 0.6) is 0 Å². The third-order valence-corrected chi connectivity index (χ3v) is 8.14. The summed E-state index contributed by atoms with van der Waals surface area (Å²) in [6.07, 6.45) is -4.23. The Kier molecular flexibility index (Phi) is 8.62. The Morgan fingerprint density at radius 2 is 2.18 bits per heavy atom. The molecule has 180 valence electrons. The molecule has 3 aromatic heterocycles. The Bertz CT molecular complexity index is 1110. The number of ether oxygens (including phenoxy) is 1. The summed E-state index contributed by atoms with van der Waals surface area (Å²) in [5.41, 5.74) is 8.23. The highest BCUT2D eigenvalue weighted by atomic mass is 79.9. The lowest BCUT2D eigenvalue weighted by Crippen LogP contribution is -2.37. The summed E-state index contributed by atoms with van der Waals surface area (Å²) in [5, 5.41) is 13.2. The van der Waals surface area contributed by atoms with Crippen molar-refractivity contribution >= 4 is 72.1 Å². The Labute approximate surface area is 209 Å². The Balaban J connectivity index is 0.000000383. The van der Waals surface area contributed by atoms with Crippen molar-refractivity contribution < 1.29 is 27.8 Å². The molecule has 1 aliphatic rings. The van der Waals surface area contributed by atoms with E-state index in [4.69, 9.17) is 32.0 Å². The van der Waals surface area contributed by atoms with Crippen molar-refractivity contribution in [2.75, 3.05) is 11.9 Å². The van der Waals surface area contributed by atoms with Gasteiger partial charge in [-0.1, -0.05) is 24.6 Å². The lowest BCUT2D eigenvalue weighted by Gasteiger charge is -2.32. The van der Waals surface area contributed by atoms with Crippen LogP contribution in [0.3, 0.4) is 0 Å². The van der Waals surface area contributed by atoms with Crippen LogP contribution in [0.4, 0.5) is 18.9 Å². The lowest BCUT2D eigenvalue weighted by atomic mass is 9.95. The molecule has 4 N–H and O–H groups in total. The van der Waals surface area contributed by atoms with Crippen LogP contribution < -0.4 is 11.1 Å². The number of thiophene rings is 2. The maximum absolute atomic E-state index is 10.6. The summed E-state index contributed by atoms with van der Waals surface area (Å²) in [6, 6.07) is 6.04. The van der Waals surface area contributed by atoms with Gasteiger partial charge < -0.3 is 20.9 Å². The molecule has 0 spiro atoms. The number of halogens is 5. The van der Waals surface area contributed by atoms with Crippen LogP contribution >= 0.6 is 50.2 Å². The number of aliphatic carboxylic acids is 1. The van der Waals surface area contributed by atoms with E-state index in [2.05, 4.69) is 50.7 Å². The summed E-state index contributed by atoms with van der Waals surface area (Å²) in [5.74, 6) is -2.27. The van der Waals surface area contributed by atoms with E-state index in [-0.39, 0.29) is 12.1 Å². The summed E-state index contributed by atoms with van der Waals surface area (Å²) in [4.78, 5) is 15.8. The lowest BCUT2D eigenvalue weighted by molar-refractivity contribution is -0.192. The highest BCUT2D eigenvalue weighted by molar-refractivity contribution is 9.10. The number of aromatic nitrogens is 1. The molecule has 1 aliphatic heterocycles. The predicted octanol–water partition coefficient (Wildman–Crippen LogP) is 6.44. The van der Waals surface area contributed by atoms with E-state index in [0.29, 0.717) is 11.1 Å². The molecule has 6 nitrogen and oxygen atoms in total. The van der Waals surface area contributed by atoms with E-state index in [9.17, 15) is 13.2 Å². The number of carboxylic acid groups (broad SMARTS) is 1. The van der Waals surface area contributed by atoms with E-state index >= 15 is 0 Å². The zero-order chi connectivity index (χ0) is 24.3. The van der Waals surface area contributed by atoms with Crippen LogP contribution in [0.25, 0.3) is 10.2 Å². The summed E-state index contributed by atoms with van der Waals surface area (Å²) < 4.78 is 39.8. The Morgan fingerprint density at radius 3 is 2.76 bits per heavy atom. The van der Waals surface area contributed by atoms with E-state index < -0.39 is 12.1 Å². The first-order valence-corrected chi connectivity index (χ1v) is 12.6. The van der Waals surface area contributed by atoms with Crippen LogP contribution in [0.2, 0.25) is 5.15 Å². The Hall–Kier alpha value is -1.44. The fraction of sp³-hybridized carbons (Fsp3) is 0.400. The number of nitrogens with zero attached hydrogens (tertiary/aromatic N) is 1. The van der Waals surface area contributed by atoms with Gasteiger partial charge in [0.05, 0.1) is 31.9 Å². The van der Waals surface area contributed by atoms with Gasteiger partial charge in [0, 0.05) is 23.5 Å². The quantitative estimate of drug-likeness (QED) is 0.304. The van der Waals surface area contributed by atoms with Gasteiger partial charge in [-0.3, -0.25) is 0 Å². The highest BCUT2D eigenvalue weighted by Crippen LogP contribution is 2.45. The standard InChI is InChI=1S/C18H19BrClN3OS2.C2HF3O2/c1-9-5-11(21)16(24-8-9)18-14(19)15-17(26-18)12(6-13(20)23-15)22-7-10-3-2-4-25-10;3-2(4,5)1(6)7/h2-4,6,9,11,16H,5,7-8,21H2,1H3,(H,22,23);(H,6,7)/t9-,11-,16-;/m0./s1. The minimum atomic E-state index is -5.08. The minimum absolute atomic E-state index is 0.0129. The number of carbonyl (C=O) groups is 1. The number of pyridine rings is 1. The molecule has 0 radical (unpaired) electrons. The van der Waals surface area contributed by atoms with E-state index in [1.54, 1.807) is 22.7 Å². The van der Waals surface area contributed by atoms with Gasteiger partial charge in [-0.15, -0.1) is 22.7 Å². The van der Waals surface area contributed by atoms with Crippen molar-refractivity contribution in [3.05, 3.63) is 43.0 Å². The van der Waals surface area contributed by atoms with Gasteiger partial charge in [0.25, 0.3) is 0 Å². The van der Waals surface area contributed by atoms with Crippen LogP contribution in [-0.2, 0) is 16.1 Å². The molecule has 3 atom stereocenters. The fourth-order valence-corrected chi connectivity index (χ4v) is 6.23. The number of hydrogen-bond donors (Lipinski definition) is 3. The van der Waals surface area contributed by atoms with Gasteiger partial charge in [-0.2, -0.15) is 13.2 Å². The SMILES string of the molecule is C[C@@H]1CO[C@H](c2sc3c(NCc4cccs4)cc(Cl)nc3c2Br)[C@@H](N)C1.O=C(O)C(F)(F)F. The molecule has 3 aromatic rings. The number of hydrogen-bond acceptors (Lipinski definition) is 7. The largest absolute Gasteiger partial charge is 0.490 e. The molecule has 1 saturated heterocycles. The molecule has 4 heterocycles. The number of carboxylic acids is 1. The van der Waals surface area contributed by atoms with Crippen LogP contribution in [-0.4, -0.2) is 34.9 Å². The second-order valence-corrected chi connectivity index (χ2v) is 10.7. The normalized spacial score (nSPS) is 20.9. The first-order valence-electron chi connectivity index (χ1n) is 9.69. The average molecular weight is 587 g/mol. The molecule has 0 aliphatic carbocycles. The van der Waals surface area contributed by atoms with E-state index in [0.717, 1.165) is 44.8 Å². The molecule has 4 rings (SSSR count). The van der Waals surface area contributed by atoms with Crippen molar-refractivity contribution in [2.45, 2.75) is 38.2 Å². The summed E-state index contributed by atoms with van der Waals surface area (Å²) in [6.45, 7) is 3.66. The van der Waals surface area contributed by atoms with Crippen LogP contribution in [0, 0.1) is 5.92 Å². The minimum Gasteiger partial charge on any atom is -0.475 e. The maximum Gasteiger partial charge on any atom is 0.490 e. The molecule has 0 aromatic carbocycles. The Morgan fingerprint density at radius 1 is 1.48 bits per heavy atom. The molecule has 0 unspecified atom stereocenters. The second-order valence-electron chi connectivity index (χ2n) is 7.45. The molecular weight excluding hydrogens is 567 g/mol. The zero-order valence-electron chi connectivity index (χ0n) is 17.2. The van der Waals surface area contributed by atoms with E-state index in [1.807, 2.05) is 6.07 Å². The monoisotopic (exact) mass is 585 g/mol. The van der Waals surface area contributed by atoms with Crippen molar-refractivity contribution in [3.8, 4) is 0 Å². The number of alkyl halides is 3. The molecule has 0 saturated carbocycles. The average Bonchev–Trinajstić information content (AvgIpc) is 3.35. The van der Waals surface area contributed by atoms with Gasteiger partial charge in [0.1, 0.15) is 11.3 Å². The number of fused-ring (bicyclic) bond motifs is 1. The second kappa shape index (κ2) is 10.9. The summed E-state index contributed by atoms with van der Waals surface area (Å²) >= 11 is 13.4. The topological polar surface area (TPSA) is 97.5 Å². The van der Waals surface area contributed by atoms with Crippen molar-refractivity contribution in [1.82, 2.24) is 4.98 Å². The van der Waals surface area contributed by atoms with Crippen LogP contribution in [0.15, 0.2) is 28.1 Å². The number of nitrogens with two attached hydrogens (primary N) is 1. The van der Waals surface area contributed by atoms with Crippen molar-refractivity contribution in [1.29, 1.82) is 0 Å². The molecule has 0 bridgehead atoms. The highest BCUT2D eigenvalue weighted by Gasteiger charge is 2.38. The van der Waals surface area contributed by atoms with Crippen molar-refractivity contribution in [2.24, 2.45) is 11.7 Å². The van der Waals surface area contributed by atoms with Gasteiger partial charge in [0.15, 0.2) is 0 Å². The third kappa shape index (κ3) is 6.58. The maximum atomic E-state index is 10.6. The van der Waals surface area contributed by atoms with E-state index in [1.165, 1.54) is 4.88 Å². The molecule has 0 amide bonds. The van der Waals surface area contributed by atoms with Crippen LogP contribution in [0.1, 0.15) is 29.2 Å².